The van der Waals surface area contributed by atoms with Gasteiger partial charge in [-0.05, 0) is 19.1 Å². The number of nitro benzene ring substituents is 1. The van der Waals surface area contributed by atoms with E-state index in [-0.39, 0.29) is 11.3 Å². The monoisotopic (exact) mass is 231 g/mol. The minimum absolute atomic E-state index is 0.0704. The molecule has 0 amide bonds. The summed E-state index contributed by atoms with van der Waals surface area (Å²) in [6, 6.07) is 6.33. The van der Waals surface area contributed by atoms with Crippen molar-refractivity contribution in [2.45, 2.75) is 6.92 Å². The molecule has 0 unspecified atom stereocenters. The van der Waals surface area contributed by atoms with Gasteiger partial charge in [-0.25, -0.2) is 0 Å². The van der Waals surface area contributed by atoms with Crippen LogP contribution < -0.4 is 4.90 Å². The number of benzene rings is 1. The predicted molar refractivity (Wildman–Crippen MR) is 65.9 cm³/mol. The van der Waals surface area contributed by atoms with Gasteiger partial charge in [-0.15, -0.1) is 0 Å². The Kier molecular flexibility index (Phi) is 3.83. The fourth-order valence-corrected chi connectivity index (χ4v) is 1.51. The molecule has 0 atom stereocenters. The summed E-state index contributed by atoms with van der Waals surface area (Å²) in [7, 11) is 1.84. The maximum atomic E-state index is 10.7. The van der Waals surface area contributed by atoms with E-state index >= 15 is 0 Å². The fourth-order valence-electron chi connectivity index (χ4n) is 1.51. The Morgan fingerprint density at radius 1 is 1.65 bits per heavy atom. The minimum atomic E-state index is -0.554. The molecule has 0 fully saturated rings. The lowest BCUT2D eigenvalue weighted by Gasteiger charge is -2.19. The number of anilines is 1. The summed E-state index contributed by atoms with van der Waals surface area (Å²) < 4.78 is 0. The van der Waals surface area contributed by atoms with Crippen molar-refractivity contribution in [2.75, 3.05) is 18.5 Å². The smallest absolute Gasteiger partial charge is 0.287 e. The zero-order valence-corrected chi connectivity index (χ0v) is 9.80. The van der Waals surface area contributed by atoms with Crippen molar-refractivity contribution in [1.29, 1.82) is 5.26 Å². The molecule has 0 saturated heterocycles. The summed E-state index contributed by atoms with van der Waals surface area (Å²) >= 11 is 0. The first-order chi connectivity index (χ1) is 7.95. The Labute approximate surface area is 99.7 Å². The molecule has 0 heterocycles. The number of rotatable bonds is 4. The Hall–Kier alpha value is -2.35. The van der Waals surface area contributed by atoms with Crippen molar-refractivity contribution in [3.8, 4) is 6.07 Å². The van der Waals surface area contributed by atoms with Gasteiger partial charge in [0, 0.05) is 25.3 Å². The highest BCUT2D eigenvalue weighted by molar-refractivity contribution is 5.59. The van der Waals surface area contributed by atoms with Gasteiger partial charge < -0.3 is 4.90 Å². The van der Waals surface area contributed by atoms with E-state index in [1.54, 1.807) is 6.07 Å². The van der Waals surface area contributed by atoms with Crippen LogP contribution in [-0.4, -0.2) is 18.5 Å². The first kappa shape index (κ1) is 12.7. The molecule has 1 aromatic rings. The molecular formula is C12H13N3O2. The lowest BCUT2D eigenvalue weighted by atomic mass is 10.1. The first-order valence-corrected chi connectivity index (χ1v) is 4.99. The van der Waals surface area contributed by atoms with E-state index in [1.165, 1.54) is 12.1 Å². The van der Waals surface area contributed by atoms with Crippen LogP contribution in [-0.2, 0) is 0 Å². The van der Waals surface area contributed by atoms with E-state index in [0.29, 0.717) is 6.54 Å². The number of nitro groups is 1. The molecule has 0 N–H and O–H groups in total. The molecular weight excluding hydrogens is 218 g/mol. The number of nitrogens with zero attached hydrogens (tertiary/aromatic N) is 3. The zero-order chi connectivity index (χ0) is 13.0. The lowest BCUT2D eigenvalue weighted by Crippen LogP contribution is -2.19. The minimum Gasteiger partial charge on any atom is -0.371 e. The third-order valence-corrected chi connectivity index (χ3v) is 2.25. The quantitative estimate of drug-likeness (QED) is 0.453. The molecule has 0 spiro atoms. The van der Waals surface area contributed by atoms with E-state index in [1.807, 2.05) is 24.9 Å². The highest BCUT2D eigenvalue weighted by Crippen LogP contribution is 2.24. The second kappa shape index (κ2) is 5.12. The molecule has 0 aromatic heterocycles. The van der Waals surface area contributed by atoms with Gasteiger partial charge in [0.15, 0.2) is 0 Å². The predicted octanol–water partition coefficient (Wildman–Crippen LogP) is 2.48. The van der Waals surface area contributed by atoms with E-state index in [4.69, 9.17) is 5.26 Å². The van der Waals surface area contributed by atoms with Gasteiger partial charge in [-0.3, -0.25) is 10.1 Å². The van der Waals surface area contributed by atoms with E-state index in [9.17, 15) is 10.1 Å². The Morgan fingerprint density at radius 3 is 2.76 bits per heavy atom. The van der Waals surface area contributed by atoms with Gasteiger partial charge in [0.2, 0.25) is 0 Å². The van der Waals surface area contributed by atoms with Crippen LogP contribution in [0.15, 0.2) is 30.4 Å². The van der Waals surface area contributed by atoms with Crippen LogP contribution in [0.2, 0.25) is 0 Å². The lowest BCUT2D eigenvalue weighted by molar-refractivity contribution is -0.385. The molecule has 0 bridgehead atoms. The average molecular weight is 231 g/mol. The third kappa shape index (κ3) is 3.05. The van der Waals surface area contributed by atoms with Crippen LogP contribution in [0, 0.1) is 21.4 Å². The molecule has 1 aromatic carbocycles. The molecule has 5 nitrogen and oxygen atoms in total. The van der Waals surface area contributed by atoms with Crippen LogP contribution in [0.25, 0.3) is 0 Å². The van der Waals surface area contributed by atoms with Gasteiger partial charge in [-0.1, -0.05) is 12.2 Å². The highest BCUT2D eigenvalue weighted by Gasteiger charge is 2.14. The van der Waals surface area contributed by atoms with Crippen molar-refractivity contribution in [3.63, 3.8) is 0 Å². The summed E-state index contributed by atoms with van der Waals surface area (Å²) in [5, 5.41) is 19.5. The van der Waals surface area contributed by atoms with Gasteiger partial charge in [0.05, 0.1) is 4.92 Å². The molecule has 0 aliphatic heterocycles. The summed E-state index contributed by atoms with van der Waals surface area (Å²) in [6.45, 7) is 6.33. The maximum Gasteiger partial charge on any atom is 0.287 e. The molecule has 1 rings (SSSR count). The summed E-state index contributed by atoms with van der Waals surface area (Å²) in [5.74, 6) is 0. The number of hydrogen-bond donors (Lipinski definition) is 0. The van der Waals surface area contributed by atoms with Crippen molar-refractivity contribution in [1.82, 2.24) is 0 Å². The van der Waals surface area contributed by atoms with Crippen LogP contribution in [0.5, 0.6) is 0 Å². The summed E-state index contributed by atoms with van der Waals surface area (Å²) in [5.41, 5.74) is 1.64. The fraction of sp³-hybridized carbons (Fsp3) is 0.250. The van der Waals surface area contributed by atoms with Crippen molar-refractivity contribution >= 4 is 11.4 Å². The van der Waals surface area contributed by atoms with Crippen LogP contribution in [0.4, 0.5) is 11.4 Å². The summed E-state index contributed by atoms with van der Waals surface area (Å²) in [4.78, 5) is 12.0. The maximum absolute atomic E-state index is 10.7. The van der Waals surface area contributed by atoms with Crippen molar-refractivity contribution < 1.29 is 4.92 Å². The number of hydrogen-bond acceptors (Lipinski definition) is 4. The van der Waals surface area contributed by atoms with E-state index < -0.39 is 4.92 Å². The van der Waals surface area contributed by atoms with Gasteiger partial charge >= 0.3 is 0 Å². The van der Waals surface area contributed by atoms with Gasteiger partial charge in [-0.2, -0.15) is 5.26 Å². The van der Waals surface area contributed by atoms with E-state index in [2.05, 4.69) is 6.58 Å². The Bertz CT molecular complexity index is 503. The molecule has 0 saturated carbocycles. The number of nitriles is 1. The Balaban J connectivity index is 3.10. The molecule has 0 aliphatic carbocycles. The van der Waals surface area contributed by atoms with Crippen LogP contribution in [0.1, 0.15) is 12.5 Å². The van der Waals surface area contributed by atoms with Crippen LogP contribution >= 0.6 is 0 Å². The average Bonchev–Trinajstić information content (AvgIpc) is 2.27. The molecule has 88 valence electrons. The van der Waals surface area contributed by atoms with E-state index in [0.717, 1.165) is 11.3 Å². The summed E-state index contributed by atoms with van der Waals surface area (Å²) in [6.07, 6.45) is 0. The SMILES string of the molecule is C=C(C)CN(C)c1ccc([N+](=O)[O-])c(C#N)c1. The molecule has 0 radical (unpaired) electrons. The second-order valence-electron chi connectivity index (χ2n) is 3.88. The van der Waals surface area contributed by atoms with Gasteiger partial charge in [0.25, 0.3) is 5.69 Å². The first-order valence-electron chi connectivity index (χ1n) is 4.99. The van der Waals surface area contributed by atoms with Crippen molar-refractivity contribution in [3.05, 3.63) is 46.0 Å². The van der Waals surface area contributed by atoms with Crippen LogP contribution in [0.3, 0.4) is 0 Å². The highest BCUT2D eigenvalue weighted by atomic mass is 16.6. The molecule has 5 heteroatoms. The standard InChI is InChI=1S/C12H13N3O2/c1-9(2)8-14(3)11-4-5-12(15(16)17)10(6-11)7-13/h4-6H,1,8H2,2-3H3. The normalized spacial score (nSPS) is 9.47. The number of likely N-dealkylation sites (N-methyl/N-ethyl adjacent to an activating group) is 1. The molecule has 17 heavy (non-hydrogen) atoms. The second-order valence-corrected chi connectivity index (χ2v) is 3.88. The van der Waals surface area contributed by atoms with Crippen molar-refractivity contribution in [2.24, 2.45) is 0 Å². The van der Waals surface area contributed by atoms with Gasteiger partial charge in [0.1, 0.15) is 11.6 Å². The zero-order valence-electron chi connectivity index (χ0n) is 9.80. The topological polar surface area (TPSA) is 70.2 Å². The third-order valence-electron chi connectivity index (χ3n) is 2.25. The molecule has 0 aliphatic rings. The largest absolute Gasteiger partial charge is 0.371 e. The Morgan fingerprint density at radius 2 is 2.29 bits per heavy atom.